The van der Waals surface area contributed by atoms with E-state index in [1.807, 2.05) is 17.4 Å². The van der Waals surface area contributed by atoms with Crippen molar-refractivity contribution in [2.75, 3.05) is 12.3 Å². The van der Waals surface area contributed by atoms with Crippen LogP contribution in [0.3, 0.4) is 0 Å². The second kappa shape index (κ2) is 6.74. The number of rotatable bonds is 6. The van der Waals surface area contributed by atoms with E-state index in [0.717, 1.165) is 23.9 Å². The van der Waals surface area contributed by atoms with Gasteiger partial charge in [0.25, 0.3) is 0 Å². The molecule has 0 aromatic carbocycles. The summed E-state index contributed by atoms with van der Waals surface area (Å²) < 4.78 is 0. The number of hydrogen-bond acceptors (Lipinski definition) is 5. The molecule has 0 fully saturated rings. The van der Waals surface area contributed by atoms with Crippen molar-refractivity contribution in [3.8, 4) is 0 Å². The van der Waals surface area contributed by atoms with Crippen LogP contribution < -0.4 is 5.32 Å². The number of hydrogen-bond donors (Lipinski definition) is 1. The van der Waals surface area contributed by atoms with E-state index in [2.05, 4.69) is 34.3 Å². The first-order chi connectivity index (χ1) is 8.34. The highest BCUT2D eigenvalue weighted by Crippen LogP contribution is 2.15. The van der Waals surface area contributed by atoms with Crippen LogP contribution in [-0.4, -0.2) is 22.3 Å². The molecule has 0 saturated heterocycles. The quantitative estimate of drug-likeness (QED) is 0.495. The van der Waals surface area contributed by atoms with E-state index >= 15 is 0 Å². The summed E-state index contributed by atoms with van der Waals surface area (Å²) in [6, 6.07) is 6.29. The van der Waals surface area contributed by atoms with Crippen LogP contribution in [0.2, 0.25) is 0 Å². The first kappa shape index (κ1) is 12.5. The van der Waals surface area contributed by atoms with Crippen molar-refractivity contribution in [2.45, 2.75) is 18.5 Å². The Balaban J connectivity index is 1.61. The van der Waals surface area contributed by atoms with Gasteiger partial charge in [0.1, 0.15) is 6.33 Å². The fourth-order valence-electron chi connectivity index (χ4n) is 1.38. The monoisotopic (exact) mass is 265 g/mol. The molecule has 0 aliphatic carbocycles. The highest BCUT2D eigenvalue weighted by Gasteiger charge is 1.97. The molecule has 17 heavy (non-hydrogen) atoms. The van der Waals surface area contributed by atoms with Crippen LogP contribution in [0.25, 0.3) is 0 Å². The molecule has 2 rings (SSSR count). The number of thioether (sulfide) groups is 1. The third-order valence-electron chi connectivity index (χ3n) is 2.18. The van der Waals surface area contributed by atoms with E-state index in [9.17, 15) is 0 Å². The molecule has 0 amide bonds. The summed E-state index contributed by atoms with van der Waals surface area (Å²) in [5.74, 6) is 1.03. The second-order valence-corrected chi connectivity index (χ2v) is 6.07. The lowest BCUT2D eigenvalue weighted by Gasteiger charge is -2.02. The van der Waals surface area contributed by atoms with Crippen molar-refractivity contribution < 1.29 is 0 Å². The van der Waals surface area contributed by atoms with Gasteiger partial charge in [0, 0.05) is 34.8 Å². The standard InChI is InChI=1S/C12H15N3S2/c1-10-2-3-11(17-10)8-13-6-7-16-12-4-5-14-9-15-12/h2-5,9,13H,6-8H2,1H3. The van der Waals surface area contributed by atoms with E-state index in [1.54, 1.807) is 24.3 Å². The maximum Gasteiger partial charge on any atom is 0.116 e. The van der Waals surface area contributed by atoms with Gasteiger partial charge in [-0.15, -0.1) is 23.1 Å². The normalized spacial score (nSPS) is 10.6. The zero-order valence-corrected chi connectivity index (χ0v) is 11.4. The maximum absolute atomic E-state index is 4.16. The number of aryl methyl sites for hydroxylation is 1. The molecule has 90 valence electrons. The van der Waals surface area contributed by atoms with Crippen molar-refractivity contribution in [2.24, 2.45) is 0 Å². The molecular weight excluding hydrogens is 250 g/mol. The molecule has 0 aliphatic heterocycles. The predicted octanol–water partition coefficient (Wildman–Crippen LogP) is 2.73. The van der Waals surface area contributed by atoms with Gasteiger partial charge in [-0.3, -0.25) is 0 Å². The van der Waals surface area contributed by atoms with Crippen LogP contribution in [0.1, 0.15) is 9.75 Å². The van der Waals surface area contributed by atoms with Gasteiger partial charge in [0.15, 0.2) is 0 Å². The average Bonchev–Trinajstić information content (AvgIpc) is 2.76. The lowest BCUT2D eigenvalue weighted by Crippen LogP contribution is -2.15. The summed E-state index contributed by atoms with van der Waals surface area (Å²) in [4.78, 5) is 10.8. The molecule has 0 radical (unpaired) electrons. The van der Waals surface area contributed by atoms with E-state index in [1.165, 1.54) is 9.75 Å². The van der Waals surface area contributed by atoms with Crippen LogP contribution in [0.15, 0.2) is 35.7 Å². The summed E-state index contributed by atoms with van der Waals surface area (Å²) in [6.45, 7) is 4.09. The highest BCUT2D eigenvalue weighted by molar-refractivity contribution is 7.99. The lowest BCUT2D eigenvalue weighted by atomic mass is 10.4. The van der Waals surface area contributed by atoms with Crippen molar-refractivity contribution in [1.82, 2.24) is 15.3 Å². The molecule has 0 aliphatic rings. The van der Waals surface area contributed by atoms with Gasteiger partial charge < -0.3 is 5.32 Å². The van der Waals surface area contributed by atoms with Gasteiger partial charge in [0.05, 0.1) is 5.03 Å². The second-order valence-electron chi connectivity index (χ2n) is 3.59. The first-order valence-corrected chi connectivity index (χ1v) is 7.29. The minimum absolute atomic E-state index is 0.961. The third-order valence-corrected chi connectivity index (χ3v) is 4.13. The topological polar surface area (TPSA) is 37.8 Å². The Morgan fingerprint density at radius 2 is 2.29 bits per heavy atom. The van der Waals surface area contributed by atoms with E-state index in [-0.39, 0.29) is 0 Å². The van der Waals surface area contributed by atoms with Crippen LogP contribution in [0, 0.1) is 6.92 Å². The average molecular weight is 265 g/mol. The summed E-state index contributed by atoms with van der Waals surface area (Å²) in [5, 5.41) is 4.47. The molecule has 0 bridgehead atoms. The van der Waals surface area contributed by atoms with Crippen molar-refractivity contribution in [3.63, 3.8) is 0 Å². The molecule has 0 atom stereocenters. The minimum atomic E-state index is 0.961. The molecule has 2 aromatic rings. The van der Waals surface area contributed by atoms with Gasteiger partial charge in [-0.1, -0.05) is 0 Å². The number of thiophene rings is 1. The number of nitrogens with one attached hydrogen (secondary N) is 1. The Hall–Kier alpha value is -0.910. The molecule has 0 saturated carbocycles. The van der Waals surface area contributed by atoms with Gasteiger partial charge in [-0.2, -0.15) is 0 Å². The van der Waals surface area contributed by atoms with Crippen LogP contribution in [0.5, 0.6) is 0 Å². The van der Waals surface area contributed by atoms with Gasteiger partial charge in [-0.25, -0.2) is 9.97 Å². The maximum atomic E-state index is 4.16. The molecule has 0 unspecified atom stereocenters. The molecular formula is C12H15N3S2. The first-order valence-electron chi connectivity index (χ1n) is 5.49. The van der Waals surface area contributed by atoms with Crippen LogP contribution in [-0.2, 0) is 6.54 Å². The minimum Gasteiger partial charge on any atom is -0.311 e. The fraction of sp³-hybridized carbons (Fsp3) is 0.333. The van der Waals surface area contributed by atoms with Gasteiger partial charge in [-0.05, 0) is 25.1 Å². The van der Waals surface area contributed by atoms with Crippen LogP contribution in [0.4, 0.5) is 0 Å². The summed E-state index contributed by atoms with van der Waals surface area (Å²) in [6.07, 6.45) is 3.36. The Morgan fingerprint density at radius 1 is 1.35 bits per heavy atom. The molecule has 2 heterocycles. The van der Waals surface area contributed by atoms with Crippen molar-refractivity contribution >= 4 is 23.1 Å². The fourth-order valence-corrected chi connectivity index (χ4v) is 2.98. The number of nitrogens with zero attached hydrogens (tertiary/aromatic N) is 2. The van der Waals surface area contributed by atoms with E-state index < -0.39 is 0 Å². The molecule has 2 aromatic heterocycles. The largest absolute Gasteiger partial charge is 0.311 e. The zero-order chi connectivity index (χ0) is 11.9. The Labute approximate surface area is 110 Å². The summed E-state index contributed by atoms with van der Waals surface area (Å²) in [7, 11) is 0. The zero-order valence-electron chi connectivity index (χ0n) is 9.72. The molecule has 0 spiro atoms. The summed E-state index contributed by atoms with van der Waals surface area (Å²) >= 11 is 3.60. The van der Waals surface area contributed by atoms with Crippen molar-refractivity contribution in [1.29, 1.82) is 0 Å². The van der Waals surface area contributed by atoms with Gasteiger partial charge in [0.2, 0.25) is 0 Å². The number of aromatic nitrogens is 2. The van der Waals surface area contributed by atoms with E-state index in [4.69, 9.17) is 0 Å². The molecule has 1 N–H and O–H groups in total. The summed E-state index contributed by atoms with van der Waals surface area (Å²) in [5.41, 5.74) is 0. The van der Waals surface area contributed by atoms with Gasteiger partial charge >= 0.3 is 0 Å². The highest BCUT2D eigenvalue weighted by atomic mass is 32.2. The third kappa shape index (κ3) is 4.46. The Kier molecular flexibility index (Phi) is 4.97. The van der Waals surface area contributed by atoms with E-state index in [0.29, 0.717) is 0 Å². The lowest BCUT2D eigenvalue weighted by molar-refractivity contribution is 0.740. The Morgan fingerprint density at radius 3 is 3.00 bits per heavy atom. The SMILES string of the molecule is Cc1ccc(CNCCSc2ccncn2)s1. The predicted molar refractivity (Wildman–Crippen MR) is 73.5 cm³/mol. The Bertz CT molecular complexity index is 442. The molecule has 3 nitrogen and oxygen atoms in total. The smallest absolute Gasteiger partial charge is 0.116 e. The van der Waals surface area contributed by atoms with Crippen molar-refractivity contribution in [3.05, 3.63) is 40.5 Å². The molecule has 5 heteroatoms. The van der Waals surface area contributed by atoms with Crippen LogP contribution >= 0.6 is 23.1 Å².